The molecule has 4 nitrogen and oxygen atoms in total. The molecule has 4 heteroatoms. The monoisotopic (exact) mass is 272 g/mol. The third-order valence-electron chi connectivity index (χ3n) is 5.70. The highest BCUT2D eigenvalue weighted by molar-refractivity contribution is 5.24. The molecule has 2 N–H and O–H groups in total. The Balaban J connectivity index is 1.77. The van der Waals surface area contributed by atoms with E-state index in [1.54, 1.807) is 0 Å². The van der Waals surface area contributed by atoms with E-state index in [0.29, 0.717) is 11.9 Å². The van der Waals surface area contributed by atoms with Gasteiger partial charge in [0, 0.05) is 11.3 Å². The molecule has 5 rings (SSSR count). The minimum Gasteiger partial charge on any atom is -0.368 e. The molecular weight excluding hydrogens is 248 g/mol. The number of anilines is 1. The molecule has 0 aromatic carbocycles. The normalized spacial score (nSPS) is 38.6. The van der Waals surface area contributed by atoms with Crippen molar-refractivity contribution in [3.8, 4) is 0 Å². The van der Waals surface area contributed by atoms with Crippen molar-refractivity contribution in [1.82, 2.24) is 15.0 Å². The van der Waals surface area contributed by atoms with Gasteiger partial charge in [-0.2, -0.15) is 9.97 Å². The smallest absolute Gasteiger partial charge is 0.223 e. The molecule has 1 heterocycles. The van der Waals surface area contributed by atoms with Crippen LogP contribution in [0.5, 0.6) is 0 Å². The maximum absolute atomic E-state index is 5.95. The molecule has 0 atom stereocenters. The lowest BCUT2D eigenvalue weighted by atomic mass is 9.49. The Labute approximate surface area is 120 Å². The number of hydrogen-bond donors (Lipinski definition) is 1. The predicted molar refractivity (Wildman–Crippen MR) is 78.2 cm³/mol. The lowest BCUT2D eigenvalue weighted by Crippen LogP contribution is -2.49. The summed E-state index contributed by atoms with van der Waals surface area (Å²) in [5.41, 5.74) is 6.17. The van der Waals surface area contributed by atoms with Crippen LogP contribution in [0.4, 0.5) is 5.95 Å². The van der Waals surface area contributed by atoms with Gasteiger partial charge in [-0.15, -0.1) is 0 Å². The Bertz CT molecular complexity index is 502. The lowest BCUT2D eigenvalue weighted by Gasteiger charge is -2.55. The van der Waals surface area contributed by atoms with E-state index >= 15 is 0 Å². The first-order valence-electron chi connectivity index (χ1n) is 8.06. The summed E-state index contributed by atoms with van der Waals surface area (Å²) in [5.74, 6) is 5.31. The quantitative estimate of drug-likeness (QED) is 0.898. The van der Waals surface area contributed by atoms with Gasteiger partial charge in [-0.05, 0) is 56.3 Å². The first-order valence-corrected chi connectivity index (χ1v) is 8.06. The predicted octanol–water partition coefficient (Wildman–Crippen LogP) is 3.05. The third kappa shape index (κ3) is 1.84. The van der Waals surface area contributed by atoms with Crippen LogP contribution in [0.15, 0.2) is 0 Å². The van der Waals surface area contributed by atoms with E-state index in [0.717, 1.165) is 29.4 Å². The minimum atomic E-state index is 0.218. The molecule has 0 aliphatic heterocycles. The van der Waals surface area contributed by atoms with Crippen LogP contribution in [0, 0.1) is 17.8 Å². The average Bonchev–Trinajstić information content (AvgIpc) is 2.36. The maximum atomic E-state index is 5.95. The van der Waals surface area contributed by atoms with Gasteiger partial charge in [0.05, 0.1) is 0 Å². The summed E-state index contributed by atoms with van der Waals surface area (Å²) in [4.78, 5) is 13.7. The van der Waals surface area contributed by atoms with Gasteiger partial charge in [0.25, 0.3) is 0 Å². The molecule has 108 valence electrons. The van der Waals surface area contributed by atoms with Crippen LogP contribution in [-0.2, 0) is 5.41 Å². The highest BCUT2D eigenvalue weighted by Gasteiger charge is 2.53. The van der Waals surface area contributed by atoms with Crippen molar-refractivity contribution in [3.63, 3.8) is 0 Å². The number of nitrogen functional groups attached to an aromatic ring is 1. The van der Waals surface area contributed by atoms with Crippen LogP contribution >= 0.6 is 0 Å². The van der Waals surface area contributed by atoms with E-state index in [1.807, 2.05) is 0 Å². The van der Waals surface area contributed by atoms with E-state index in [9.17, 15) is 0 Å². The summed E-state index contributed by atoms with van der Waals surface area (Å²) in [6.07, 6.45) is 8.16. The zero-order valence-electron chi connectivity index (χ0n) is 12.5. The molecule has 1 aromatic rings. The molecule has 0 unspecified atom stereocenters. The molecule has 20 heavy (non-hydrogen) atoms. The van der Waals surface area contributed by atoms with Crippen LogP contribution in [0.25, 0.3) is 0 Å². The second-order valence-corrected chi connectivity index (χ2v) is 7.73. The Morgan fingerprint density at radius 2 is 1.50 bits per heavy atom. The largest absolute Gasteiger partial charge is 0.368 e. The Hall–Kier alpha value is -1.19. The zero-order chi connectivity index (χ0) is 13.9. The van der Waals surface area contributed by atoms with Gasteiger partial charge >= 0.3 is 0 Å². The summed E-state index contributed by atoms with van der Waals surface area (Å²) >= 11 is 0. The molecule has 1 aromatic heterocycles. The second-order valence-electron chi connectivity index (χ2n) is 7.73. The van der Waals surface area contributed by atoms with Crippen LogP contribution in [0.1, 0.15) is 69.9 Å². The van der Waals surface area contributed by atoms with Crippen LogP contribution in [0.3, 0.4) is 0 Å². The summed E-state index contributed by atoms with van der Waals surface area (Å²) in [6, 6.07) is 0. The highest BCUT2D eigenvalue weighted by Crippen LogP contribution is 2.60. The van der Waals surface area contributed by atoms with E-state index in [4.69, 9.17) is 10.7 Å². The summed E-state index contributed by atoms with van der Waals surface area (Å²) < 4.78 is 0. The first kappa shape index (κ1) is 12.5. The van der Waals surface area contributed by atoms with Crippen LogP contribution in [-0.4, -0.2) is 15.0 Å². The molecule has 0 saturated heterocycles. The van der Waals surface area contributed by atoms with Crippen molar-refractivity contribution in [2.45, 2.75) is 63.7 Å². The number of rotatable bonds is 2. The molecule has 4 bridgehead atoms. The Morgan fingerprint density at radius 3 is 2.00 bits per heavy atom. The first-order chi connectivity index (χ1) is 9.54. The number of nitrogens with two attached hydrogens (primary N) is 1. The van der Waals surface area contributed by atoms with Gasteiger partial charge in [-0.3, -0.25) is 0 Å². The minimum absolute atomic E-state index is 0.218. The van der Waals surface area contributed by atoms with Crippen molar-refractivity contribution < 1.29 is 0 Å². The lowest BCUT2D eigenvalue weighted by molar-refractivity contribution is -0.00955. The van der Waals surface area contributed by atoms with E-state index < -0.39 is 0 Å². The Kier molecular flexibility index (Phi) is 2.60. The second kappa shape index (κ2) is 4.15. The maximum Gasteiger partial charge on any atom is 0.223 e. The van der Waals surface area contributed by atoms with Crippen LogP contribution in [0.2, 0.25) is 0 Å². The summed E-state index contributed by atoms with van der Waals surface area (Å²) in [6.45, 7) is 4.25. The molecule has 4 fully saturated rings. The standard InChI is InChI=1S/C16H24N4/c1-9(2)13-18-14(20-15(17)19-13)16-6-10-3-11(7-16)5-12(4-10)8-16/h9-12H,3-8H2,1-2H3,(H2,17,18,19,20). The molecule has 0 radical (unpaired) electrons. The molecule has 4 saturated carbocycles. The fraction of sp³-hybridized carbons (Fsp3) is 0.812. The van der Waals surface area contributed by atoms with E-state index in [1.165, 1.54) is 38.5 Å². The molecule has 0 spiro atoms. The summed E-state index contributed by atoms with van der Waals surface area (Å²) in [7, 11) is 0. The van der Waals surface area contributed by atoms with Crippen LogP contribution < -0.4 is 5.73 Å². The van der Waals surface area contributed by atoms with Gasteiger partial charge < -0.3 is 5.73 Å². The SMILES string of the molecule is CC(C)c1nc(N)nc(C23CC4CC(CC(C4)C2)C3)n1. The average molecular weight is 272 g/mol. The number of hydrogen-bond acceptors (Lipinski definition) is 4. The zero-order valence-corrected chi connectivity index (χ0v) is 12.5. The van der Waals surface area contributed by atoms with Crippen molar-refractivity contribution in [2.24, 2.45) is 17.8 Å². The molecule has 0 amide bonds. The van der Waals surface area contributed by atoms with E-state index in [2.05, 4.69) is 23.8 Å². The van der Waals surface area contributed by atoms with Gasteiger partial charge in [0.15, 0.2) is 0 Å². The van der Waals surface area contributed by atoms with Crippen molar-refractivity contribution >= 4 is 5.95 Å². The Morgan fingerprint density at radius 1 is 0.950 bits per heavy atom. The molecule has 4 aliphatic carbocycles. The number of aromatic nitrogens is 3. The van der Waals surface area contributed by atoms with E-state index in [-0.39, 0.29) is 5.41 Å². The van der Waals surface area contributed by atoms with Crippen molar-refractivity contribution in [3.05, 3.63) is 11.6 Å². The highest BCUT2D eigenvalue weighted by atomic mass is 15.1. The fourth-order valence-electron chi connectivity index (χ4n) is 5.29. The van der Waals surface area contributed by atoms with Crippen molar-refractivity contribution in [1.29, 1.82) is 0 Å². The van der Waals surface area contributed by atoms with Gasteiger partial charge in [0.2, 0.25) is 5.95 Å². The molecular formula is C16H24N4. The third-order valence-corrected chi connectivity index (χ3v) is 5.70. The summed E-state index contributed by atoms with van der Waals surface area (Å²) in [5, 5.41) is 0. The number of nitrogens with zero attached hydrogens (tertiary/aromatic N) is 3. The fourth-order valence-corrected chi connectivity index (χ4v) is 5.29. The van der Waals surface area contributed by atoms with Gasteiger partial charge in [-0.25, -0.2) is 4.98 Å². The topological polar surface area (TPSA) is 64.7 Å². The van der Waals surface area contributed by atoms with Crippen molar-refractivity contribution in [2.75, 3.05) is 5.73 Å². The van der Waals surface area contributed by atoms with Gasteiger partial charge in [0.1, 0.15) is 11.6 Å². The molecule has 4 aliphatic rings. The van der Waals surface area contributed by atoms with Gasteiger partial charge in [-0.1, -0.05) is 13.8 Å².